The highest BCUT2D eigenvalue weighted by atomic mass is 32.2. The molecule has 0 aromatic heterocycles. The highest BCUT2D eigenvalue weighted by Gasteiger charge is 2.25. The third kappa shape index (κ3) is 3.27. The molecule has 5 heteroatoms. The Balaban J connectivity index is 2.01. The van der Waals surface area contributed by atoms with E-state index in [-0.39, 0.29) is 6.04 Å². The van der Waals surface area contributed by atoms with Gasteiger partial charge in [0.25, 0.3) is 0 Å². The second-order valence-corrected chi connectivity index (χ2v) is 6.27. The lowest BCUT2D eigenvalue weighted by Gasteiger charge is -2.32. The minimum Gasteiger partial charge on any atom is -0.326 e. The van der Waals surface area contributed by atoms with Crippen LogP contribution >= 0.6 is 11.8 Å². The fourth-order valence-corrected chi connectivity index (χ4v) is 3.05. The summed E-state index contributed by atoms with van der Waals surface area (Å²) in [5.41, 5.74) is 8.62. The van der Waals surface area contributed by atoms with Gasteiger partial charge in [-0.15, -0.1) is 11.8 Å². The molecule has 0 aliphatic carbocycles. The molecule has 2 aromatic carbocycles. The largest absolute Gasteiger partial charge is 0.326 e. The van der Waals surface area contributed by atoms with E-state index in [2.05, 4.69) is 17.1 Å². The van der Waals surface area contributed by atoms with Crippen molar-refractivity contribution < 1.29 is 4.79 Å². The molecule has 122 valence electrons. The number of amidine groups is 1. The first-order chi connectivity index (χ1) is 11.8. The maximum atomic E-state index is 11.6. The van der Waals surface area contributed by atoms with Gasteiger partial charge in [0, 0.05) is 28.9 Å². The topological polar surface area (TPSA) is 58.7 Å². The minimum absolute atomic E-state index is 0.374. The fraction of sp³-hybridized carbons (Fsp3) is 0.158. The van der Waals surface area contributed by atoms with Gasteiger partial charge in [0.15, 0.2) is 0 Å². The molecule has 0 saturated carbocycles. The molecular formula is C19H19N3OS. The highest BCUT2D eigenvalue weighted by molar-refractivity contribution is 7.98. The molecule has 1 unspecified atom stereocenters. The number of hydrogen-bond acceptors (Lipinski definition) is 5. The molecule has 2 aromatic rings. The number of anilines is 1. The van der Waals surface area contributed by atoms with Crippen LogP contribution in [0.25, 0.3) is 0 Å². The first-order valence-corrected chi connectivity index (χ1v) is 8.91. The zero-order valence-electron chi connectivity index (χ0n) is 13.4. The van der Waals surface area contributed by atoms with Gasteiger partial charge in [-0.2, -0.15) is 0 Å². The monoisotopic (exact) mass is 337 g/mol. The van der Waals surface area contributed by atoms with Gasteiger partial charge in [0.1, 0.15) is 18.2 Å². The molecule has 0 fully saturated rings. The van der Waals surface area contributed by atoms with E-state index in [9.17, 15) is 4.79 Å². The van der Waals surface area contributed by atoms with Crippen molar-refractivity contribution in [3.63, 3.8) is 0 Å². The van der Waals surface area contributed by atoms with E-state index in [4.69, 9.17) is 5.73 Å². The maximum Gasteiger partial charge on any atom is 0.146 e. The summed E-state index contributed by atoms with van der Waals surface area (Å²) in [7, 11) is 0. The molecule has 1 atom stereocenters. The standard InChI is InChI=1S/C19H19N3OS/c1-24-18-8-4-15(5-9-18)19-21-11-10-17(13-23)22(19)16-6-2-14(12-20)3-7-16/h2-11,13,17H,12,20H2,1H3. The van der Waals surface area contributed by atoms with Crippen LogP contribution in [0.5, 0.6) is 0 Å². The van der Waals surface area contributed by atoms with Crippen LogP contribution in [0.4, 0.5) is 5.69 Å². The summed E-state index contributed by atoms with van der Waals surface area (Å²) >= 11 is 1.70. The first kappa shape index (κ1) is 16.5. The number of nitrogens with zero attached hydrogens (tertiary/aromatic N) is 2. The smallest absolute Gasteiger partial charge is 0.146 e. The fourth-order valence-electron chi connectivity index (χ4n) is 2.64. The number of aldehydes is 1. The molecule has 0 saturated heterocycles. The summed E-state index contributed by atoms with van der Waals surface area (Å²) in [5, 5.41) is 0. The van der Waals surface area contributed by atoms with E-state index in [1.165, 1.54) is 4.90 Å². The number of thioether (sulfide) groups is 1. The molecule has 4 nitrogen and oxygen atoms in total. The highest BCUT2D eigenvalue weighted by Crippen LogP contribution is 2.25. The molecule has 0 bridgehead atoms. The molecule has 0 radical (unpaired) electrons. The lowest BCUT2D eigenvalue weighted by molar-refractivity contribution is -0.108. The first-order valence-electron chi connectivity index (χ1n) is 7.69. The normalized spacial score (nSPS) is 16.8. The van der Waals surface area contributed by atoms with Crippen molar-refractivity contribution in [2.45, 2.75) is 17.5 Å². The van der Waals surface area contributed by atoms with E-state index in [0.717, 1.165) is 28.9 Å². The van der Waals surface area contributed by atoms with Crippen molar-refractivity contribution >= 4 is 29.6 Å². The lowest BCUT2D eigenvalue weighted by atomic mass is 10.1. The van der Waals surface area contributed by atoms with Crippen molar-refractivity contribution in [3.8, 4) is 0 Å². The van der Waals surface area contributed by atoms with Gasteiger partial charge in [-0.3, -0.25) is 0 Å². The van der Waals surface area contributed by atoms with Crippen LogP contribution in [-0.4, -0.2) is 24.4 Å². The van der Waals surface area contributed by atoms with Gasteiger partial charge < -0.3 is 15.4 Å². The van der Waals surface area contributed by atoms with Crippen LogP contribution in [0.3, 0.4) is 0 Å². The third-order valence-electron chi connectivity index (χ3n) is 3.94. The molecule has 0 amide bonds. The van der Waals surface area contributed by atoms with Crippen LogP contribution in [0, 0.1) is 0 Å². The molecule has 1 heterocycles. The zero-order chi connectivity index (χ0) is 16.9. The Kier molecular flexibility index (Phi) is 5.13. The van der Waals surface area contributed by atoms with Gasteiger partial charge in [-0.05, 0) is 42.2 Å². The summed E-state index contributed by atoms with van der Waals surface area (Å²) < 4.78 is 0. The van der Waals surface area contributed by atoms with Crippen LogP contribution in [-0.2, 0) is 11.3 Å². The van der Waals surface area contributed by atoms with Crippen molar-refractivity contribution in [3.05, 3.63) is 71.9 Å². The molecule has 24 heavy (non-hydrogen) atoms. The van der Waals surface area contributed by atoms with E-state index in [1.807, 2.05) is 47.6 Å². The number of carbonyl (C=O) groups excluding carboxylic acids is 1. The molecule has 1 aliphatic rings. The third-order valence-corrected chi connectivity index (χ3v) is 4.69. The van der Waals surface area contributed by atoms with Crippen molar-refractivity contribution in [2.24, 2.45) is 10.7 Å². The van der Waals surface area contributed by atoms with Gasteiger partial charge in [-0.1, -0.05) is 24.3 Å². The number of rotatable bonds is 5. The molecular weight excluding hydrogens is 318 g/mol. The number of benzene rings is 2. The van der Waals surface area contributed by atoms with Gasteiger partial charge in [0.05, 0.1) is 0 Å². The Hall–Kier alpha value is -2.37. The van der Waals surface area contributed by atoms with Gasteiger partial charge >= 0.3 is 0 Å². The quantitative estimate of drug-likeness (QED) is 0.672. The Morgan fingerprint density at radius 1 is 1.17 bits per heavy atom. The molecule has 2 N–H and O–H groups in total. The van der Waals surface area contributed by atoms with E-state index >= 15 is 0 Å². The second kappa shape index (κ2) is 7.47. The summed E-state index contributed by atoms with van der Waals surface area (Å²) in [6.45, 7) is 0.494. The summed E-state index contributed by atoms with van der Waals surface area (Å²) in [6.07, 6.45) is 6.47. The Labute approximate surface area is 146 Å². The summed E-state index contributed by atoms with van der Waals surface area (Å²) in [5.74, 6) is 0.766. The molecule has 3 rings (SSSR count). The average Bonchev–Trinajstić information content (AvgIpc) is 2.67. The number of aliphatic imine (C=N–C) groups is 1. The summed E-state index contributed by atoms with van der Waals surface area (Å²) in [4.78, 5) is 19.2. The number of carbonyl (C=O) groups is 1. The minimum atomic E-state index is -0.374. The van der Waals surface area contributed by atoms with Crippen molar-refractivity contribution in [1.82, 2.24) is 0 Å². The van der Waals surface area contributed by atoms with E-state index in [0.29, 0.717) is 6.54 Å². The van der Waals surface area contributed by atoms with Crippen molar-refractivity contribution in [2.75, 3.05) is 11.2 Å². The van der Waals surface area contributed by atoms with Crippen LogP contribution in [0.1, 0.15) is 11.1 Å². The molecule has 1 aliphatic heterocycles. The SMILES string of the molecule is CSc1ccc(C2=NC=CC(C=O)N2c2ccc(CN)cc2)cc1. The van der Waals surface area contributed by atoms with Crippen LogP contribution in [0.2, 0.25) is 0 Å². The predicted molar refractivity (Wildman–Crippen MR) is 101 cm³/mol. The maximum absolute atomic E-state index is 11.6. The number of hydrogen-bond donors (Lipinski definition) is 1. The zero-order valence-corrected chi connectivity index (χ0v) is 14.2. The van der Waals surface area contributed by atoms with E-state index < -0.39 is 0 Å². The Morgan fingerprint density at radius 3 is 2.46 bits per heavy atom. The van der Waals surface area contributed by atoms with Crippen LogP contribution in [0.15, 0.2) is 70.7 Å². The lowest BCUT2D eigenvalue weighted by Crippen LogP contribution is -2.42. The van der Waals surface area contributed by atoms with E-state index in [1.54, 1.807) is 24.0 Å². The Morgan fingerprint density at radius 2 is 1.88 bits per heavy atom. The second-order valence-electron chi connectivity index (χ2n) is 5.39. The molecule has 0 spiro atoms. The van der Waals surface area contributed by atoms with Gasteiger partial charge in [0.2, 0.25) is 0 Å². The number of nitrogens with two attached hydrogens (primary N) is 1. The average molecular weight is 337 g/mol. The van der Waals surface area contributed by atoms with Crippen molar-refractivity contribution in [1.29, 1.82) is 0 Å². The predicted octanol–water partition coefficient (Wildman–Crippen LogP) is 3.22. The Bertz CT molecular complexity index is 766. The van der Waals surface area contributed by atoms with Gasteiger partial charge in [-0.25, -0.2) is 4.99 Å². The van der Waals surface area contributed by atoms with Crippen LogP contribution < -0.4 is 10.6 Å². The summed E-state index contributed by atoms with van der Waals surface area (Å²) in [6, 6.07) is 15.7.